The van der Waals surface area contributed by atoms with Crippen LogP contribution in [0.3, 0.4) is 0 Å². The summed E-state index contributed by atoms with van der Waals surface area (Å²) in [4.78, 5) is 9.08. The van der Waals surface area contributed by atoms with Gasteiger partial charge in [0.15, 0.2) is 5.82 Å². The number of nitrogens with zero attached hydrogens (tertiary/aromatic N) is 2. The van der Waals surface area contributed by atoms with Crippen molar-refractivity contribution < 1.29 is 0 Å². The van der Waals surface area contributed by atoms with E-state index in [0.717, 1.165) is 22.4 Å². The number of hydrogen-bond acceptors (Lipinski definition) is 2. The van der Waals surface area contributed by atoms with Crippen LogP contribution in [-0.4, -0.2) is 9.97 Å². The second-order valence-corrected chi connectivity index (χ2v) is 5.61. The maximum absolute atomic E-state index is 5.94. The molecule has 3 aromatic rings. The summed E-state index contributed by atoms with van der Waals surface area (Å²) >= 11 is 11.8. The van der Waals surface area contributed by atoms with Gasteiger partial charge in [0.25, 0.3) is 0 Å². The molecule has 0 saturated heterocycles. The predicted octanol–water partition coefficient (Wildman–Crippen LogP) is 5.43. The van der Waals surface area contributed by atoms with Crippen molar-refractivity contribution in [3.8, 4) is 22.6 Å². The van der Waals surface area contributed by atoms with Crippen LogP contribution in [0.5, 0.6) is 0 Å². The van der Waals surface area contributed by atoms with E-state index in [1.165, 1.54) is 0 Å². The summed E-state index contributed by atoms with van der Waals surface area (Å²) in [6.45, 7) is 2.00. The summed E-state index contributed by atoms with van der Waals surface area (Å²) in [5, 5.41) is 1.41. The van der Waals surface area contributed by atoms with Crippen molar-refractivity contribution in [2.45, 2.75) is 6.92 Å². The van der Waals surface area contributed by atoms with Gasteiger partial charge in [-0.2, -0.15) is 0 Å². The molecule has 0 amide bonds. The van der Waals surface area contributed by atoms with Gasteiger partial charge in [0, 0.05) is 27.4 Å². The van der Waals surface area contributed by atoms with Gasteiger partial charge in [0.05, 0.1) is 5.69 Å². The zero-order valence-electron chi connectivity index (χ0n) is 11.3. The Hall–Kier alpha value is -1.90. The molecule has 2 nitrogen and oxygen atoms in total. The van der Waals surface area contributed by atoms with Crippen molar-refractivity contribution in [2.75, 3.05) is 0 Å². The van der Waals surface area contributed by atoms with Crippen molar-refractivity contribution in [2.24, 2.45) is 0 Å². The molecule has 4 heteroatoms. The van der Waals surface area contributed by atoms with Crippen molar-refractivity contribution in [3.63, 3.8) is 0 Å². The number of aryl methyl sites for hydroxylation is 1. The van der Waals surface area contributed by atoms with E-state index in [9.17, 15) is 0 Å². The average Bonchev–Trinajstić information content (AvgIpc) is 2.50. The molecule has 0 saturated carbocycles. The first-order valence-electron chi connectivity index (χ1n) is 6.49. The molecule has 0 aliphatic rings. The van der Waals surface area contributed by atoms with E-state index in [4.69, 9.17) is 23.2 Å². The number of hydrogen-bond donors (Lipinski definition) is 0. The minimum atomic E-state index is 0.683. The Kier molecular flexibility index (Phi) is 3.91. The third kappa shape index (κ3) is 3.07. The molecule has 0 unspecified atom stereocenters. The highest BCUT2D eigenvalue weighted by atomic mass is 35.5. The molecule has 0 radical (unpaired) electrons. The summed E-state index contributed by atoms with van der Waals surface area (Å²) in [7, 11) is 0. The van der Waals surface area contributed by atoms with Crippen molar-refractivity contribution in [1.82, 2.24) is 9.97 Å². The first-order valence-corrected chi connectivity index (χ1v) is 7.24. The van der Waals surface area contributed by atoms with Gasteiger partial charge in [-0.25, -0.2) is 9.97 Å². The Labute approximate surface area is 133 Å². The van der Waals surface area contributed by atoms with Gasteiger partial charge in [-0.3, -0.25) is 0 Å². The quantitative estimate of drug-likeness (QED) is 0.630. The molecule has 0 atom stereocenters. The predicted molar refractivity (Wildman–Crippen MR) is 87.7 cm³/mol. The van der Waals surface area contributed by atoms with Gasteiger partial charge in [-0.1, -0.05) is 35.3 Å². The van der Waals surface area contributed by atoms with Crippen LogP contribution >= 0.6 is 23.2 Å². The second kappa shape index (κ2) is 5.84. The van der Waals surface area contributed by atoms with Crippen molar-refractivity contribution >= 4 is 23.2 Å². The fraction of sp³-hybridized carbons (Fsp3) is 0.0588. The largest absolute Gasteiger partial charge is 0.236 e. The van der Waals surface area contributed by atoms with Crippen LogP contribution in [0.2, 0.25) is 10.0 Å². The Morgan fingerprint density at radius 2 is 1.29 bits per heavy atom. The summed E-state index contributed by atoms with van der Waals surface area (Å²) < 4.78 is 0. The Bertz CT molecular complexity index is 766. The minimum Gasteiger partial charge on any atom is -0.236 e. The monoisotopic (exact) mass is 314 g/mol. The van der Waals surface area contributed by atoms with E-state index in [1.54, 1.807) is 0 Å². The zero-order valence-corrected chi connectivity index (χ0v) is 12.9. The maximum atomic E-state index is 5.94. The normalized spacial score (nSPS) is 10.6. The van der Waals surface area contributed by atoms with Gasteiger partial charge in [-0.15, -0.1) is 0 Å². The number of halogens is 2. The van der Waals surface area contributed by atoms with Crippen LogP contribution < -0.4 is 0 Å². The van der Waals surface area contributed by atoms with Gasteiger partial charge < -0.3 is 0 Å². The Morgan fingerprint density at radius 3 is 1.86 bits per heavy atom. The van der Waals surface area contributed by atoms with E-state index in [2.05, 4.69) is 9.97 Å². The molecule has 0 N–H and O–H groups in total. The number of rotatable bonds is 2. The van der Waals surface area contributed by atoms with Gasteiger partial charge >= 0.3 is 0 Å². The van der Waals surface area contributed by atoms with E-state index in [0.29, 0.717) is 15.9 Å². The summed E-state index contributed by atoms with van der Waals surface area (Å²) in [5.74, 6) is 0.683. The zero-order chi connectivity index (χ0) is 14.8. The SMILES string of the molecule is Cc1cnc(-c2ccc(Cl)cc2)nc1-c1ccc(Cl)cc1. The van der Waals surface area contributed by atoms with Gasteiger partial charge in [-0.05, 0) is 48.9 Å². The molecule has 104 valence electrons. The molecule has 0 bridgehead atoms. The third-order valence-corrected chi connectivity index (χ3v) is 3.70. The lowest BCUT2D eigenvalue weighted by molar-refractivity contribution is 1.14. The van der Waals surface area contributed by atoms with E-state index in [1.807, 2.05) is 61.7 Å². The van der Waals surface area contributed by atoms with Crippen LogP contribution in [0.15, 0.2) is 54.7 Å². The smallest absolute Gasteiger partial charge is 0.159 e. The molecule has 0 fully saturated rings. The standard InChI is InChI=1S/C17H12Cl2N2/c1-11-10-20-17(13-4-8-15(19)9-5-13)21-16(11)12-2-6-14(18)7-3-12/h2-10H,1H3. The molecule has 0 aliphatic carbocycles. The molecule has 0 aliphatic heterocycles. The summed E-state index contributed by atoms with van der Waals surface area (Å²) in [6, 6.07) is 15.1. The van der Waals surface area contributed by atoms with E-state index >= 15 is 0 Å². The first kappa shape index (κ1) is 14.1. The lowest BCUT2D eigenvalue weighted by atomic mass is 10.1. The molecular weight excluding hydrogens is 303 g/mol. The highest BCUT2D eigenvalue weighted by Gasteiger charge is 2.08. The lowest BCUT2D eigenvalue weighted by Gasteiger charge is -2.08. The summed E-state index contributed by atoms with van der Waals surface area (Å²) in [6.07, 6.45) is 1.83. The molecule has 3 rings (SSSR count). The van der Waals surface area contributed by atoms with Crippen LogP contribution in [0, 0.1) is 6.92 Å². The topological polar surface area (TPSA) is 25.8 Å². The summed E-state index contributed by atoms with van der Waals surface area (Å²) in [5.41, 5.74) is 3.89. The lowest BCUT2D eigenvalue weighted by Crippen LogP contribution is -1.95. The van der Waals surface area contributed by atoms with Crippen LogP contribution in [0.25, 0.3) is 22.6 Å². The highest BCUT2D eigenvalue weighted by Crippen LogP contribution is 2.25. The van der Waals surface area contributed by atoms with Crippen LogP contribution in [-0.2, 0) is 0 Å². The molecule has 1 heterocycles. The third-order valence-electron chi connectivity index (χ3n) is 3.19. The van der Waals surface area contributed by atoms with E-state index < -0.39 is 0 Å². The van der Waals surface area contributed by atoms with Crippen LogP contribution in [0.1, 0.15) is 5.56 Å². The highest BCUT2D eigenvalue weighted by molar-refractivity contribution is 6.30. The average molecular weight is 315 g/mol. The minimum absolute atomic E-state index is 0.683. The fourth-order valence-electron chi connectivity index (χ4n) is 2.08. The first-order chi connectivity index (χ1) is 10.1. The molecule has 21 heavy (non-hydrogen) atoms. The maximum Gasteiger partial charge on any atom is 0.159 e. The second-order valence-electron chi connectivity index (χ2n) is 4.74. The fourth-order valence-corrected chi connectivity index (χ4v) is 2.33. The van der Waals surface area contributed by atoms with Gasteiger partial charge in [0.1, 0.15) is 0 Å². The van der Waals surface area contributed by atoms with E-state index in [-0.39, 0.29) is 0 Å². The molecule has 0 spiro atoms. The molecular formula is C17H12Cl2N2. The van der Waals surface area contributed by atoms with Gasteiger partial charge in [0.2, 0.25) is 0 Å². The molecule has 1 aromatic heterocycles. The number of benzene rings is 2. The van der Waals surface area contributed by atoms with Crippen molar-refractivity contribution in [3.05, 3.63) is 70.3 Å². The Balaban J connectivity index is 2.07. The van der Waals surface area contributed by atoms with Crippen LogP contribution in [0.4, 0.5) is 0 Å². The molecule has 2 aromatic carbocycles. The van der Waals surface area contributed by atoms with Crippen molar-refractivity contribution in [1.29, 1.82) is 0 Å². The Morgan fingerprint density at radius 1 is 0.762 bits per heavy atom. The number of aromatic nitrogens is 2.